The van der Waals surface area contributed by atoms with Crippen molar-refractivity contribution in [2.24, 2.45) is 0 Å². The van der Waals surface area contributed by atoms with Gasteiger partial charge in [-0.15, -0.1) is 0 Å². The second-order valence-corrected chi connectivity index (χ2v) is 8.64. The van der Waals surface area contributed by atoms with Crippen LogP contribution in [0.2, 0.25) is 0 Å². The Balaban J connectivity index is 1.49. The van der Waals surface area contributed by atoms with Gasteiger partial charge in [0.05, 0.1) is 11.0 Å². The first-order valence-corrected chi connectivity index (χ1v) is 11.2. The molecule has 4 heteroatoms. The number of halogens is 2. The van der Waals surface area contributed by atoms with Gasteiger partial charge in [0.2, 0.25) is 0 Å². The van der Waals surface area contributed by atoms with Gasteiger partial charge in [0.15, 0.2) is 0 Å². The minimum absolute atomic E-state index is 0.281. The topological polar surface area (TPSA) is 20.7 Å². The minimum atomic E-state index is -0.287. The summed E-state index contributed by atoms with van der Waals surface area (Å²) in [5.74, 6) is -0.568. The van der Waals surface area contributed by atoms with E-state index < -0.39 is 0 Å². The average molecular weight is 444 g/mol. The number of hydrogen-bond donors (Lipinski definition) is 1. The zero-order chi connectivity index (χ0) is 22.8. The highest BCUT2D eigenvalue weighted by molar-refractivity contribution is 6.11. The normalized spacial score (nSPS) is 11.8. The fourth-order valence-electron chi connectivity index (χ4n) is 5.07. The second kappa shape index (κ2) is 7.03. The summed E-state index contributed by atoms with van der Waals surface area (Å²) in [4.78, 5) is 3.47. The molecule has 0 aliphatic rings. The van der Waals surface area contributed by atoms with E-state index in [2.05, 4.69) is 58.1 Å². The van der Waals surface area contributed by atoms with Crippen molar-refractivity contribution in [2.75, 3.05) is 0 Å². The Hall–Kier alpha value is -4.44. The Labute approximate surface area is 193 Å². The van der Waals surface area contributed by atoms with Gasteiger partial charge in [-0.1, -0.05) is 30.3 Å². The summed E-state index contributed by atoms with van der Waals surface area (Å²) < 4.78 is 29.9. The molecule has 0 atom stereocenters. The van der Waals surface area contributed by atoms with Crippen LogP contribution in [-0.4, -0.2) is 9.55 Å². The predicted octanol–water partition coefficient (Wildman–Crippen LogP) is 8.36. The molecular weight excluding hydrogens is 426 g/mol. The largest absolute Gasteiger partial charge is 0.355 e. The van der Waals surface area contributed by atoms with Crippen LogP contribution in [0, 0.1) is 11.6 Å². The predicted molar refractivity (Wildman–Crippen MR) is 135 cm³/mol. The molecule has 0 radical (unpaired) electrons. The van der Waals surface area contributed by atoms with E-state index in [1.807, 2.05) is 12.1 Å². The number of para-hydroxylation sites is 1. The van der Waals surface area contributed by atoms with E-state index in [1.54, 1.807) is 24.3 Å². The molecule has 0 amide bonds. The van der Waals surface area contributed by atoms with E-state index in [1.165, 1.54) is 29.0 Å². The summed E-state index contributed by atoms with van der Waals surface area (Å²) in [6.07, 6.45) is 0. The summed E-state index contributed by atoms with van der Waals surface area (Å²) in [7, 11) is 0. The third-order valence-electron chi connectivity index (χ3n) is 6.65. The monoisotopic (exact) mass is 444 g/mol. The molecule has 0 aliphatic carbocycles. The smallest absolute Gasteiger partial charge is 0.123 e. The summed E-state index contributed by atoms with van der Waals surface area (Å²) in [5, 5.41) is 4.15. The van der Waals surface area contributed by atoms with E-state index in [0.717, 1.165) is 49.7 Å². The third kappa shape index (κ3) is 2.78. The molecule has 0 aliphatic heterocycles. The Morgan fingerprint density at radius 3 is 1.94 bits per heavy atom. The Bertz CT molecular complexity index is 1870. The quantitative estimate of drug-likeness (QED) is 0.277. The lowest BCUT2D eigenvalue weighted by molar-refractivity contribution is 0.627. The number of benzene rings is 5. The van der Waals surface area contributed by atoms with Crippen LogP contribution in [0.3, 0.4) is 0 Å². The van der Waals surface area contributed by atoms with Crippen LogP contribution in [0.4, 0.5) is 8.78 Å². The molecule has 1 N–H and O–H groups in total. The maximum absolute atomic E-state index is 14.3. The van der Waals surface area contributed by atoms with Crippen molar-refractivity contribution in [2.45, 2.75) is 0 Å². The van der Waals surface area contributed by atoms with E-state index in [9.17, 15) is 8.78 Å². The third-order valence-corrected chi connectivity index (χ3v) is 6.65. The molecule has 0 saturated heterocycles. The van der Waals surface area contributed by atoms with Crippen LogP contribution in [0.5, 0.6) is 0 Å². The number of nitrogens with one attached hydrogen (secondary N) is 1. The summed E-state index contributed by atoms with van der Waals surface area (Å²) in [6.45, 7) is 0. The number of H-pyrrole nitrogens is 1. The zero-order valence-electron chi connectivity index (χ0n) is 18.0. The number of rotatable bonds is 2. The van der Waals surface area contributed by atoms with Crippen LogP contribution in [0.1, 0.15) is 0 Å². The van der Waals surface area contributed by atoms with E-state index in [4.69, 9.17) is 0 Å². The van der Waals surface area contributed by atoms with E-state index >= 15 is 0 Å². The lowest BCUT2D eigenvalue weighted by Gasteiger charge is -2.08. The first kappa shape index (κ1) is 19.1. The molecule has 2 aromatic heterocycles. The first-order valence-electron chi connectivity index (χ1n) is 11.2. The molecule has 34 heavy (non-hydrogen) atoms. The Morgan fingerprint density at radius 1 is 0.500 bits per heavy atom. The molecular formula is C30H18F2N2. The number of hydrogen-bond acceptors (Lipinski definition) is 0. The lowest BCUT2D eigenvalue weighted by atomic mass is 10.0. The Morgan fingerprint density at radius 2 is 1.12 bits per heavy atom. The molecule has 5 aromatic carbocycles. The molecule has 7 aromatic rings. The number of nitrogens with zero attached hydrogens (tertiary/aromatic N) is 1. The maximum Gasteiger partial charge on any atom is 0.123 e. The molecule has 7 rings (SSSR count). The highest BCUT2D eigenvalue weighted by Crippen LogP contribution is 2.36. The van der Waals surface area contributed by atoms with Crippen molar-refractivity contribution in [1.82, 2.24) is 9.55 Å². The van der Waals surface area contributed by atoms with Crippen molar-refractivity contribution in [3.63, 3.8) is 0 Å². The van der Waals surface area contributed by atoms with Crippen LogP contribution in [-0.2, 0) is 0 Å². The zero-order valence-corrected chi connectivity index (χ0v) is 18.0. The molecule has 0 spiro atoms. The number of fused-ring (bicyclic) bond motifs is 6. The summed E-state index contributed by atoms with van der Waals surface area (Å²) in [6, 6.07) is 32.2. The fourth-order valence-corrected chi connectivity index (χ4v) is 5.07. The highest BCUT2D eigenvalue weighted by atomic mass is 19.1. The molecule has 0 saturated carbocycles. The van der Waals surface area contributed by atoms with Gasteiger partial charge in [0.25, 0.3) is 0 Å². The summed E-state index contributed by atoms with van der Waals surface area (Å²) >= 11 is 0. The van der Waals surface area contributed by atoms with Gasteiger partial charge in [-0.2, -0.15) is 0 Å². The van der Waals surface area contributed by atoms with Crippen LogP contribution in [0.15, 0.2) is 103 Å². The summed E-state index contributed by atoms with van der Waals surface area (Å²) in [5.41, 5.74) is 7.03. The second-order valence-electron chi connectivity index (χ2n) is 8.64. The van der Waals surface area contributed by atoms with Gasteiger partial charge in [-0.05, 0) is 83.9 Å². The SMILES string of the molecule is Fc1ccc(-n2c3ccc(F)cc3c3cc(-c4ccc5[nH]c6ccccc6c5c4)ccc32)cc1. The van der Waals surface area contributed by atoms with Gasteiger partial charge in [0.1, 0.15) is 11.6 Å². The Kier molecular flexibility index (Phi) is 3.94. The highest BCUT2D eigenvalue weighted by Gasteiger charge is 2.15. The van der Waals surface area contributed by atoms with Gasteiger partial charge in [-0.25, -0.2) is 8.78 Å². The van der Waals surface area contributed by atoms with E-state index in [-0.39, 0.29) is 11.6 Å². The van der Waals surface area contributed by atoms with E-state index in [0.29, 0.717) is 0 Å². The van der Waals surface area contributed by atoms with Gasteiger partial charge in [-0.3, -0.25) is 0 Å². The van der Waals surface area contributed by atoms with Gasteiger partial charge in [0, 0.05) is 38.3 Å². The van der Waals surface area contributed by atoms with Crippen LogP contribution < -0.4 is 0 Å². The number of aromatic nitrogens is 2. The fraction of sp³-hybridized carbons (Fsp3) is 0. The van der Waals surface area contributed by atoms with Crippen LogP contribution >= 0.6 is 0 Å². The first-order chi connectivity index (χ1) is 16.7. The van der Waals surface area contributed by atoms with Crippen molar-refractivity contribution in [1.29, 1.82) is 0 Å². The van der Waals surface area contributed by atoms with Crippen molar-refractivity contribution >= 4 is 43.6 Å². The standard InChI is InChI=1S/C30H18F2N2/c31-20-7-10-22(11-8-20)34-29-13-6-19(16-25(29)26-17-21(32)9-14-30(26)34)18-5-12-28-24(15-18)23-3-1-2-4-27(23)33-28/h1-17,33H. The number of aromatic amines is 1. The van der Waals surface area contributed by atoms with Crippen molar-refractivity contribution < 1.29 is 8.78 Å². The van der Waals surface area contributed by atoms with Gasteiger partial charge >= 0.3 is 0 Å². The molecule has 0 unspecified atom stereocenters. The molecule has 0 bridgehead atoms. The van der Waals surface area contributed by atoms with Crippen molar-refractivity contribution in [3.8, 4) is 16.8 Å². The van der Waals surface area contributed by atoms with Crippen LogP contribution in [0.25, 0.3) is 60.4 Å². The molecule has 0 fully saturated rings. The molecule has 162 valence electrons. The maximum atomic E-state index is 14.3. The molecule has 2 nitrogen and oxygen atoms in total. The molecule has 2 heterocycles. The lowest BCUT2D eigenvalue weighted by Crippen LogP contribution is -1.93. The van der Waals surface area contributed by atoms with Gasteiger partial charge < -0.3 is 9.55 Å². The minimum Gasteiger partial charge on any atom is -0.355 e. The average Bonchev–Trinajstić information content (AvgIpc) is 3.39. The van der Waals surface area contributed by atoms with Crippen molar-refractivity contribution in [3.05, 3.63) is 115 Å².